The van der Waals surface area contributed by atoms with Crippen molar-refractivity contribution in [2.45, 2.75) is 39.5 Å². The molecule has 2 N–H and O–H groups in total. The van der Waals surface area contributed by atoms with Crippen LogP contribution in [0.25, 0.3) is 10.2 Å². The summed E-state index contributed by atoms with van der Waals surface area (Å²) in [4.78, 5) is 31.4. The molecular weight excluding hydrogens is 418 g/mol. The van der Waals surface area contributed by atoms with Crippen molar-refractivity contribution in [1.82, 2.24) is 10.3 Å². The van der Waals surface area contributed by atoms with Crippen molar-refractivity contribution in [3.63, 3.8) is 0 Å². The van der Waals surface area contributed by atoms with E-state index in [1.165, 1.54) is 11.3 Å². The number of allylic oxidation sites excluding steroid dienone is 3. The van der Waals surface area contributed by atoms with Gasteiger partial charge >= 0.3 is 0 Å². The zero-order valence-electron chi connectivity index (χ0n) is 18.4. The lowest BCUT2D eigenvalue weighted by atomic mass is 9.68. The molecule has 1 unspecified atom stereocenters. The van der Waals surface area contributed by atoms with Crippen LogP contribution in [-0.2, 0) is 9.59 Å². The maximum atomic E-state index is 13.6. The second-order valence-electron chi connectivity index (χ2n) is 9.28. The molecule has 0 radical (unpaired) electrons. The lowest BCUT2D eigenvalue weighted by molar-refractivity contribution is -0.118. The van der Waals surface area contributed by atoms with Crippen LogP contribution in [0.15, 0.2) is 77.1 Å². The molecule has 1 atom stereocenters. The Morgan fingerprint density at radius 1 is 1.09 bits per heavy atom. The van der Waals surface area contributed by atoms with Gasteiger partial charge in [-0.3, -0.25) is 14.9 Å². The average Bonchev–Trinajstić information content (AvgIpc) is 3.14. The minimum absolute atomic E-state index is 0.106. The second kappa shape index (κ2) is 7.71. The maximum absolute atomic E-state index is 13.6. The SMILES string of the molecule is CC1=C(C(=O)Nc2nc3ccccc3s2)C(c2ccccc2)C2=C(CC(C)(C)CC2=O)N1. The number of benzene rings is 2. The fourth-order valence-corrected chi connectivity index (χ4v) is 5.67. The van der Waals surface area contributed by atoms with E-state index in [9.17, 15) is 9.59 Å². The normalized spacial score (nSPS) is 20.2. The first-order chi connectivity index (χ1) is 15.3. The molecule has 0 spiro atoms. The lowest BCUT2D eigenvalue weighted by Crippen LogP contribution is -2.39. The first-order valence-corrected chi connectivity index (χ1v) is 11.6. The van der Waals surface area contributed by atoms with Crippen LogP contribution >= 0.6 is 11.3 Å². The van der Waals surface area contributed by atoms with Gasteiger partial charge in [0.15, 0.2) is 10.9 Å². The number of Topliss-reactive ketones (excluding diaryl/α,β-unsaturated/α-hetero) is 1. The van der Waals surface area contributed by atoms with Gasteiger partial charge in [-0.15, -0.1) is 0 Å². The second-order valence-corrected chi connectivity index (χ2v) is 10.3. The molecule has 2 aliphatic rings. The molecule has 3 aromatic rings. The van der Waals surface area contributed by atoms with Gasteiger partial charge in [-0.2, -0.15) is 0 Å². The Morgan fingerprint density at radius 2 is 1.81 bits per heavy atom. The zero-order valence-corrected chi connectivity index (χ0v) is 19.2. The highest BCUT2D eigenvalue weighted by Gasteiger charge is 2.42. The molecule has 0 saturated carbocycles. The number of hydrogen-bond donors (Lipinski definition) is 2. The highest BCUT2D eigenvalue weighted by atomic mass is 32.1. The predicted octanol–water partition coefficient (Wildman–Crippen LogP) is 5.54. The van der Waals surface area contributed by atoms with E-state index in [0.29, 0.717) is 17.1 Å². The monoisotopic (exact) mass is 443 g/mol. The van der Waals surface area contributed by atoms with E-state index in [0.717, 1.165) is 39.2 Å². The number of rotatable bonds is 3. The largest absolute Gasteiger partial charge is 0.362 e. The third-order valence-corrected chi connectivity index (χ3v) is 7.08. The molecule has 6 heteroatoms. The summed E-state index contributed by atoms with van der Waals surface area (Å²) in [6.07, 6.45) is 1.25. The quantitative estimate of drug-likeness (QED) is 0.558. The van der Waals surface area contributed by atoms with Gasteiger partial charge in [0.2, 0.25) is 0 Å². The Balaban J connectivity index is 1.57. The maximum Gasteiger partial charge on any atom is 0.256 e. The number of para-hydroxylation sites is 1. The summed E-state index contributed by atoms with van der Waals surface area (Å²) in [5, 5.41) is 6.96. The third kappa shape index (κ3) is 3.65. The van der Waals surface area contributed by atoms with Gasteiger partial charge in [-0.05, 0) is 36.5 Å². The van der Waals surface area contributed by atoms with Crippen LogP contribution in [0.2, 0.25) is 0 Å². The molecular formula is C26H25N3O2S. The van der Waals surface area contributed by atoms with Crippen LogP contribution < -0.4 is 10.6 Å². The molecule has 0 saturated heterocycles. The van der Waals surface area contributed by atoms with Gasteiger partial charge in [-0.25, -0.2) is 4.98 Å². The van der Waals surface area contributed by atoms with Crippen LogP contribution in [-0.4, -0.2) is 16.7 Å². The summed E-state index contributed by atoms with van der Waals surface area (Å²) in [5.41, 5.74) is 4.71. The van der Waals surface area contributed by atoms with Crippen molar-refractivity contribution in [2.75, 3.05) is 5.32 Å². The molecule has 162 valence electrons. The van der Waals surface area contributed by atoms with Gasteiger partial charge in [0.1, 0.15) is 0 Å². The molecule has 2 heterocycles. The predicted molar refractivity (Wildman–Crippen MR) is 128 cm³/mol. The fraction of sp³-hybridized carbons (Fsp3) is 0.269. The van der Waals surface area contributed by atoms with Crippen LogP contribution in [0.1, 0.15) is 45.1 Å². The number of carbonyl (C=O) groups is 2. The van der Waals surface area contributed by atoms with E-state index in [2.05, 4.69) is 29.5 Å². The number of anilines is 1. The van der Waals surface area contributed by atoms with E-state index in [4.69, 9.17) is 0 Å². The Morgan fingerprint density at radius 3 is 2.56 bits per heavy atom. The molecule has 1 aromatic heterocycles. The Hall–Kier alpha value is -3.25. The summed E-state index contributed by atoms with van der Waals surface area (Å²) in [7, 11) is 0. The van der Waals surface area contributed by atoms with Crippen molar-refractivity contribution in [2.24, 2.45) is 5.41 Å². The van der Waals surface area contributed by atoms with Crippen molar-refractivity contribution < 1.29 is 9.59 Å². The van der Waals surface area contributed by atoms with E-state index in [1.54, 1.807) is 0 Å². The Labute approximate surface area is 191 Å². The summed E-state index contributed by atoms with van der Waals surface area (Å²) in [6, 6.07) is 17.6. The fourth-order valence-electron chi connectivity index (χ4n) is 4.81. The number of carbonyl (C=O) groups excluding carboxylic acids is 2. The highest BCUT2D eigenvalue weighted by molar-refractivity contribution is 7.22. The van der Waals surface area contributed by atoms with Gasteiger partial charge < -0.3 is 5.32 Å². The number of ketones is 1. The number of nitrogens with one attached hydrogen (secondary N) is 2. The number of aromatic nitrogens is 1. The zero-order chi connectivity index (χ0) is 22.5. The van der Waals surface area contributed by atoms with E-state index < -0.39 is 5.92 Å². The number of thiazole rings is 1. The number of dihydropyridines is 1. The van der Waals surface area contributed by atoms with Crippen LogP contribution in [0.5, 0.6) is 0 Å². The lowest BCUT2D eigenvalue weighted by Gasteiger charge is -2.39. The molecule has 0 fully saturated rings. The first kappa shape index (κ1) is 20.6. The van der Waals surface area contributed by atoms with Crippen LogP contribution in [0.3, 0.4) is 0 Å². The Bertz CT molecular complexity index is 1270. The molecule has 1 amide bonds. The molecule has 1 aliphatic carbocycles. The number of amides is 1. The molecule has 0 bridgehead atoms. The van der Waals surface area contributed by atoms with E-state index >= 15 is 0 Å². The number of hydrogen-bond acceptors (Lipinski definition) is 5. The van der Waals surface area contributed by atoms with Crippen LogP contribution in [0.4, 0.5) is 5.13 Å². The van der Waals surface area contributed by atoms with Crippen molar-refractivity contribution >= 4 is 38.4 Å². The summed E-state index contributed by atoms with van der Waals surface area (Å²) in [5.74, 6) is -0.520. The standard InChI is InChI=1S/C26H25N3O2S/c1-15-21(24(31)29-25-28-17-11-7-8-12-20(17)32-25)22(16-9-5-4-6-10-16)23-18(27-15)13-26(2,3)14-19(23)30/h4-12,22,27H,13-14H2,1-3H3,(H,28,29,31). The van der Waals surface area contributed by atoms with Crippen molar-refractivity contribution in [3.05, 3.63) is 82.7 Å². The topological polar surface area (TPSA) is 71.1 Å². The molecule has 5 nitrogen and oxygen atoms in total. The smallest absolute Gasteiger partial charge is 0.256 e. The first-order valence-electron chi connectivity index (χ1n) is 10.8. The molecule has 2 aromatic carbocycles. The third-order valence-electron chi connectivity index (χ3n) is 6.13. The molecule has 5 rings (SSSR count). The average molecular weight is 444 g/mol. The molecule has 32 heavy (non-hydrogen) atoms. The Kier molecular flexibility index (Phi) is 4.97. The van der Waals surface area contributed by atoms with Gasteiger partial charge in [0.05, 0.1) is 10.2 Å². The van der Waals surface area contributed by atoms with Gasteiger partial charge in [-0.1, -0.05) is 67.6 Å². The van der Waals surface area contributed by atoms with E-state index in [1.807, 2.05) is 61.5 Å². The van der Waals surface area contributed by atoms with E-state index in [-0.39, 0.29) is 17.1 Å². The van der Waals surface area contributed by atoms with Crippen LogP contribution in [0, 0.1) is 5.41 Å². The van der Waals surface area contributed by atoms with Crippen molar-refractivity contribution in [3.8, 4) is 0 Å². The summed E-state index contributed by atoms with van der Waals surface area (Å²) >= 11 is 1.45. The molecule has 1 aliphatic heterocycles. The number of fused-ring (bicyclic) bond motifs is 1. The van der Waals surface area contributed by atoms with Crippen molar-refractivity contribution in [1.29, 1.82) is 0 Å². The summed E-state index contributed by atoms with van der Waals surface area (Å²) < 4.78 is 1.02. The summed E-state index contributed by atoms with van der Waals surface area (Å²) in [6.45, 7) is 6.14. The highest BCUT2D eigenvalue weighted by Crippen LogP contribution is 2.46. The minimum Gasteiger partial charge on any atom is -0.362 e. The number of nitrogens with zero attached hydrogens (tertiary/aromatic N) is 1. The van der Waals surface area contributed by atoms with Gasteiger partial charge in [0.25, 0.3) is 5.91 Å². The van der Waals surface area contributed by atoms with Gasteiger partial charge in [0, 0.05) is 34.9 Å². The minimum atomic E-state index is -0.398.